The van der Waals surface area contributed by atoms with E-state index in [9.17, 15) is 4.79 Å². The van der Waals surface area contributed by atoms with Crippen LogP contribution in [0.3, 0.4) is 0 Å². The molecule has 0 unspecified atom stereocenters. The Balaban J connectivity index is 3.87. The summed E-state index contributed by atoms with van der Waals surface area (Å²) in [6.45, 7) is 8.22. The second-order valence-electron chi connectivity index (χ2n) is 4.37. The molecule has 3 N–H and O–H groups in total. The first-order valence-corrected chi connectivity index (χ1v) is 7.60. The third-order valence-corrected chi connectivity index (χ3v) is 2.57. The van der Waals surface area contributed by atoms with Crippen molar-refractivity contribution in [1.82, 2.24) is 16.0 Å². The van der Waals surface area contributed by atoms with Gasteiger partial charge in [-0.1, -0.05) is 0 Å². The summed E-state index contributed by atoms with van der Waals surface area (Å²) in [4.78, 5) is 15.8. The predicted molar refractivity (Wildman–Crippen MR) is 84.6 cm³/mol. The molecule has 0 aliphatic heterocycles. The van der Waals surface area contributed by atoms with Crippen LogP contribution in [0.1, 0.15) is 26.7 Å². The lowest BCUT2D eigenvalue weighted by molar-refractivity contribution is -0.119. The Morgan fingerprint density at radius 1 is 1.05 bits per heavy atom. The van der Waals surface area contributed by atoms with E-state index < -0.39 is 0 Å². The zero-order chi connectivity index (χ0) is 15.8. The van der Waals surface area contributed by atoms with Gasteiger partial charge in [-0.2, -0.15) is 0 Å². The minimum Gasteiger partial charge on any atom is -0.383 e. The number of guanidine groups is 1. The topological polar surface area (TPSA) is 84.0 Å². The van der Waals surface area contributed by atoms with Crippen LogP contribution in [0.5, 0.6) is 0 Å². The Morgan fingerprint density at radius 3 is 2.52 bits per heavy atom. The average molecular weight is 302 g/mol. The fourth-order valence-corrected chi connectivity index (χ4v) is 1.52. The molecule has 1 amide bonds. The van der Waals surface area contributed by atoms with E-state index in [0.29, 0.717) is 19.1 Å². The lowest BCUT2D eigenvalue weighted by atomic mass is 10.3. The molecular weight excluding hydrogens is 272 g/mol. The minimum absolute atomic E-state index is 0.109. The van der Waals surface area contributed by atoms with Crippen molar-refractivity contribution in [2.75, 3.05) is 53.1 Å². The molecule has 0 aromatic rings. The number of nitrogens with zero attached hydrogens (tertiary/aromatic N) is 1. The van der Waals surface area contributed by atoms with Crippen LogP contribution in [0.15, 0.2) is 4.99 Å². The average Bonchev–Trinajstić information content (AvgIpc) is 2.48. The normalized spacial score (nSPS) is 11.3. The molecular formula is C14H30N4O3. The first-order valence-electron chi connectivity index (χ1n) is 7.60. The molecule has 0 radical (unpaired) electrons. The van der Waals surface area contributed by atoms with Gasteiger partial charge >= 0.3 is 0 Å². The number of ether oxygens (including phenoxy) is 2. The summed E-state index contributed by atoms with van der Waals surface area (Å²) in [6, 6.07) is 0. The lowest BCUT2D eigenvalue weighted by Gasteiger charge is -2.11. The van der Waals surface area contributed by atoms with Crippen molar-refractivity contribution in [2.45, 2.75) is 26.7 Å². The summed E-state index contributed by atoms with van der Waals surface area (Å²) in [5.41, 5.74) is 0. The van der Waals surface area contributed by atoms with E-state index in [1.807, 2.05) is 13.8 Å². The third kappa shape index (κ3) is 13.4. The third-order valence-electron chi connectivity index (χ3n) is 2.57. The lowest BCUT2D eigenvalue weighted by Crippen LogP contribution is -2.39. The molecule has 0 heterocycles. The summed E-state index contributed by atoms with van der Waals surface area (Å²) in [5, 5.41) is 9.04. The molecule has 0 rings (SSSR count). The highest BCUT2D eigenvalue weighted by Gasteiger charge is 2.01. The van der Waals surface area contributed by atoms with Gasteiger partial charge < -0.3 is 25.4 Å². The van der Waals surface area contributed by atoms with Crippen molar-refractivity contribution in [3.8, 4) is 0 Å². The highest BCUT2D eigenvalue weighted by molar-refractivity contribution is 5.84. The monoisotopic (exact) mass is 302 g/mol. The first-order chi connectivity index (χ1) is 10.2. The van der Waals surface area contributed by atoms with E-state index in [-0.39, 0.29) is 12.5 Å². The summed E-state index contributed by atoms with van der Waals surface area (Å²) in [7, 11) is 1.60. The molecule has 0 spiro atoms. The van der Waals surface area contributed by atoms with Gasteiger partial charge in [0, 0.05) is 40.0 Å². The van der Waals surface area contributed by atoms with Crippen molar-refractivity contribution in [3.05, 3.63) is 0 Å². The Hall–Kier alpha value is -1.34. The Bertz CT molecular complexity index is 285. The molecule has 0 aliphatic carbocycles. The van der Waals surface area contributed by atoms with Crippen LogP contribution in [0.25, 0.3) is 0 Å². The number of methoxy groups -OCH3 is 1. The fourth-order valence-electron chi connectivity index (χ4n) is 1.52. The summed E-state index contributed by atoms with van der Waals surface area (Å²) in [5.74, 6) is 0.552. The number of carbonyl (C=O) groups is 1. The molecule has 0 fully saturated rings. The van der Waals surface area contributed by atoms with Gasteiger partial charge in [0.15, 0.2) is 5.96 Å². The van der Waals surface area contributed by atoms with Crippen molar-refractivity contribution >= 4 is 11.9 Å². The molecule has 124 valence electrons. The molecule has 0 aliphatic rings. The molecule has 0 saturated heterocycles. The summed E-state index contributed by atoms with van der Waals surface area (Å²) in [6.07, 6.45) is 2.02. The Morgan fingerprint density at radius 2 is 1.86 bits per heavy atom. The van der Waals surface area contributed by atoms with E-state index in [1.165, 1.54) is 0 Å². The van der Waals surface area contributed by atoms with E-state index in [2.05, 4.69) is 20.9 Å². The minimum atomic E-state index is -0.111. The second-order valence-corrected chi connectivity index (χ2v) is 4.37. The molecule has 7 nitrogen and oxygen atoms in total. The van der Waals surface area contributed by atoms with Crippen LogP contribution in [-0.4, -0.2) is 65.0 Å². The van der Waals surface area contributed by atoms with Crippen molar-refractivity contribution in [2.24, 2.45) is 4.99 Å². The number of amides is 1. The first kappa shape index (κ1) is 19.7. The molecule has 7 heteroatoms. The summed E-state index contributed by atoms with van der Waals surface area (Å²) >= 11 is 0. The summed E-state index contributed by atoms with van der Waals surface area (Å²) < 4.78 is 10.1. The van der Waals surface area contributed by atoms with E-state index in [4.69, 9.17) is 9.47 Å². The van der Waals surface area contributed by atoms with E-state index >= 15 is 0 Å². The largest absolute Gasteiger partial charge is 0.383 e. The zero-order valence-electron chi connectivity index (χ0n) is 13.5. The number of nitrogens with one attached hydrogen (secondary N) is 3. The van der Waals surface area contributed by atoms with Gasteiger partial charge in [-0.05, 0) is 26.7 Å². The zero-order valence-corrected chi connectivity index (χ0v) is 13.5. The van der Waals surface area contributed by atoms with Gasteiger partial charge in [0.1, 0.15) is 6.54 Å². The number of hydrogen-bond acceptors (Lipinski definition) is 4. The number of unbranched alkanes of at least 4 members (excludes halogenated alkanes) is 1. The van der Waals surface area contributed by atoms with Crippen LogP contribution in [0.4, 0.5) is 0 Å². The number of hydrogen-bond donors (Lipinski definition) is 3. The van der Waals surface area contributed by atoms with Crippen LogP contribution in [0, 0.1) is 0 Å². The quantitative estimate of drug-likeness (QED) is 0.271. The van der Waals surface area contributed by atoms with Crippen LogP contribution in [0.2, 0.25) is 0 Å². The van der Waals surface area contributed by atoms with Gasteiger partial charge in [0.2, 0.25) is 5.91 Å². The number of aliphatic imine (C=N–C) groups is 1. The van der Waals surface area contributed by atoms with Gasteiger partial charge in [-0.25, -0.2) is 4.99 Å². The maximum atomic E-state index is 11.5. The second kappa shape index (κ2) is 15.1. The maximum absolute atomic E-state index is 11.5. The van der Waals surface area contributed by atoms with Crippen LogP contribution >= 0.6 is 0 Å². The predicted octanol–water partition coefficient (Wildman–Crippen LogP) is 0.121. The molecule has 0 aromatic heterocycles. The molecule has 0 saturated carbocycles. The van der Waals surface area contributed by atoms with Crippen LogP contribution in [-0.2, 0) is 14.3 Å². The van der Waals surface area contributed by atoms with Gasteiger partial charge in [-0.3, -0.25) is 4.79 Å². The Labute approximate surface area is 127 Å². The SMILES string of the molecule is CCNC(=NCC(=O)NCCOC)NCCCCOCC. The number of carbonyl (C=O) groups excluding carboxylic acids is 1. The maximum Gasteiger partial charge on any atom is 0.241 e. The van der Waals surface area contributed by atoms with Crippen molar-refractivity contribution < 1.29 is 14.3 Å². The van der Waals surface area contributed by atoms with Gasteiger partial charge in [0.05, 0.1) is 6.61 Å². The Kier molecular flexibility index (Phi) is 14.1. The molecule has 0 aromatic carbocycles. The highest BCUT2D eigenvalue weighted by Crippen LogP contribution is 1.88. The van der Waals surface area contributed by atoms with E-state index in [1.54, 1.807) is 7.11 Å². The number of rotatable bonds is 12. The van der Waals surface area contributed by atoms with Crippen molar-refractivity contribution in [3.63, 3.8) is 0 Å². The molecule has 0 atom stereocenters. The highest BCUT2D eigenvalue weighted by atomic mass is 16.5. The fraction of sp³-hybridized carbons (Fsp3) is 0.857. The molecule has 0 bridgehead atoms. The van der Waals surface area contributed by atoms with Crippen LogP contribution < -0.4 is 16.0 Å². The molecule has 21 heavy (non-hydrogen) atoms. The van der Waals surface area contributed by atoms with E-state index in [0.717, 1.165) is 39.1 Å². The van der Waals surface area contributed by atoms with Gasteiger partial charge in [0.25, 0.3) is 0 Å². The smallest absolute Gasteiger partial charge is 0.241 e. The standard InChI is InChI=1S/C14H30N4O3/c1-4-15-14(17-8-6-7-10-21-5-2)18-12-13(19)16-9-11-20-3/h4-12H2,1-3H3,(H,16,19)(H2,15,17,18). The van der Waals surface area contributed by atoms with Gasteiger partial charge in [-0.15, -0.1) is 0 Å². The van der Waals surface area contributed by atoms with Crippen molar-refractivity contribution in [1.29, 1.82) is 0 Å².